The fourth-order valence-corrected chi connectivity index (χ4v) is 2.93. The fraction of sp³-hybridized carbons (Fsp3) is 0.250. The molecule has 0 aromatic heterocycles. The summed E-state index contributed by atoms with van der Waals surface area (Å²) in [4.78, 5) is 0. The monoisotopic (exact) mass is 319 g/mol. The Morgan fingerprint density at radius 1 is 1.11 bits per heavy atom. The zero-order chi connectivity index (χ0) is 13.3. The van der Waals surface area contributed by atoms with Crippen LogP contribution in [0.1, 0.15) is 11.1 Å². The molecular weight excluding hydrogens is 305 g/mol. The van der Waals surface area contributed by atoms with Crippen LogP contribution in [0.4, 0.5) is 4.39 Å². The molecule has 0 spiro atoms. The van der Waals surface area contributed by atoms with Gasteiger partial charge in [0.25, 0.3) is 0 Å². The summed E-state index contributed by atoms with van der Waals surface area (Å²) >= 11 is 3.45. The maximum atomic E-state index is 13.4. The maximum absolute atomic E-state index is 13.4. The molecule has 1 N–H and O–H groups in total. The Hall–Kier alpha value is -1.19. The molecule has 98 valence electrons. The van der Waals surface area contributed by atoms with Gasteiger partial charge in [-0.05, 0) is 41.8 Å². The molecule has 1 aliphatic rings. The number of benzene rings is 2. The third-order valence-electron chi connectivity index (χ3n) is 3.82. The molecule has 0 unspecified atom stereocenters. The molecule has 0 radical (unpaired) electrons. The first-order valence-corrected chi connectivity index (χ1v) is 7.19. The van der Waals surface area contributed by atoms with Crippen molar-refractivity contribution >= 4 is 15.9 Å². The number of rotatable bonds is 3. The number of hydrogen-bond donors (Lipinski definition) is 1. The molecular formula is C16H15BrFN. The van der Waals surface area contributed by atoms with E-state index in [1.165, 1.54) is 11.6 Å². The Morgan fingerprint density at radius 3 is 2.42 bits per heavy atom. The highest BCUT2D eigenvalue weighted by Gasteiger charge is 2.38. The van der Waals surface area contributed by atoms with Gasteiger partial charge in [-0.1, -0.05) is 40.2 Å². The van der Waals surface area contributed by atoms with Crippen molar-refractivity contribution in [2.24, 2.45) is 0 Å². The molecule has 19 heavy (non-hydrogen) atoms. The van der Waals surface area contributed by atoms with Crippen LogP contribution < -0.4 is 5.32 Å². The van der Waals surface area contributed by atoms with E-state index < -0.39 is 0 Å². The van der Waals surface area contributed by atoms with E-state index in [1.54, 1.807) is 12.1 Å². The maximum Gasteiger partial charge on any atom is 0.123 e. The van der Waals surface area contributed by atoms with Crippen molar-refractivity contribution in [1.82, 2.24) is 5.32 Å². The summed E-state index contributed by atoms with van der Waals surface area (Å²) < 4.78 is 14.5. The van der Waals surface area contributed by atoms with Crippen molar-refractivity contribution in [3.8, 4) is 0 Å². The van der Waals surface area contributed by atoms with E-state index in [1.807, 2.05) is 6.07 Å². The van der Waals surface area contributed by atoms with Crippen LogP contribution in [0.2, 0.25) is 0 Å². The summed E-state index contributed by atoms with van der Waals surface area (Å²) in [6.07, 6.45) is 0.941. The minimum atomic E-state index is -0.153. The molecule has 0 bridgehead atoms. The summed E-state index contributed by atoms with van der Waals surface area (Å²) in [5.74, 6) is -0.153. The molecule has 0 amide bonds. The average Bonchev–Trinajstić information content (AvgIpc) is 2.36. The normalized spacial score (nSPS) is 16.9. The largest absolute Gasteiger partial charge is 0.315 e. The molecule has 3 heteroatoms. The first-order valence-electron chi connectivity index (χ1n) is 6.39. The predicted octanol–water partition coefficient (Wildman–Crippen LogP) is 3.67. The summed E-state index contributed by atoms with van der Waals surface area (Å²) in [5.41, 5.74) is 2.42. The van der Waals surface area contributed by atoms with Crippen LogP contribution in [0.3, 0.4) is 0 Å². The van der Waals surface area contributed by atoms with E-state index in [2.05, 4.69) is 45.5 Å². The quantitative estimate of drug-likeness (QED) is 0.910. The third kappa shape index (κ3) is 2.58. The van der Waals surface area contributed by atoms with Crippen molar-refractivity contribution < 1.29 is 4.39 Å². The molecule has 0 saturated carbocycles. The molecule has 1 fully saturated rings. The molecule has 2 aromatic carbocycles. The molecule has 1 nitrogen and oxygen atoms in total. The second kappa shape index (κ2) is 5.06. The molecule has 1 aliphatic heterocycles. The zero-order valence-corrected chi connectivity index (χ0v) is 12.1. The van der Waals surface area contributed by atoms with E-state index in [4.69, 9.17) is 0 Å². The van der Waals surface area contributed by atoms with Gasteiger partial charge in [-0.3, -0.25) is 0 Å². The summed E-state index contributed by atoms with van der Waals surface area (Å²) in [5, 5.41) is 3.32. The van der Waals surface area contributed by atoms with E-state index in [0.29, 0.717) is 0 Å². The van der Waals surface area contributed by atoms with Gasteiger partial charge in [-0.25, -0.2) is 4.39 Å². The van der Waals surface area contributed by atoms with Gasteiger partial charge in [0.2, 0.25) is 0 Å². The van der Waals surface area contributed by atoms with Gasteiger partial charge in [-0.2, -0.15) is 0 Å². The highest BCUT2D eigenvalue weighted by atomic mass is 79.9. The highest BCUT2D eigenvalue weighted by Crippen LogP contribution is 2.33. The van der Waals surface area contributed by atoms with E-state index in [0.717, 1.165) is 29.5 Å². The van der Waals surface area contributed by atoms with Crippen LogP contribution in [-0.2, 0) is 11.8 Å². The van der Waals surface area contributed by atoms with Crippen LogP contribution in [0.5, 0.6) is 0 Å². The Labute approximate surface area is 121 Å². The van der Waals surface area contributed by atoms with Gasteiger partial charge in [0, 0.05) is 23.0 Å². The van der Waals surface area contributed by atoms with Crippen LogP contribution in [0.15, 0.2) is 53.0 Å². The molecule has 2 aromatic rings. The first-order chi connectivity index (χ1) is 9.18. The van der Waals surface area contributed by atoms with Gasteiger partial charge in [0.05, 0.1) is 0 Å². The van der Waals surface area contributed by atoms with Gasteiger partial charge >= 0.3 is 0 Å². The van der Waals surface area contributed by atoms with Gasteiger partial charge in [0.15, 0.2) is 0 Å². The Kier molecular flexibility index (Phi) is 3.42. The Balaban J connectivity index is 1.89. The molecule has 0 atom stereocenters. The van der Waals surface area contributed by atoms with Gasteiger partial charge < -0.3 is 5.32 Å². The highest BCUT2D eigenvalue weighted by molar-refractivity contribution is 9.10. The zero-order valence-electron chi connectivity index (χ0n) is 10.5. The smallest absolute Gasteiger partial charge is 0.123 e. The fourth-order valence-electron chi connectivity index (χ4n) is 2.67. The minimum absolute atomic E-state index is 0.0376. The topological polar surface area (TPSA) is 12.0 Å². The van der Waals surface area contributed by atoms with E-state index in [9.17, 15) is 4.39 Å². The molecule has 0 aliphatic carbocycles. The van der Waals surface area contributed by atoms with E-state index >= 15 is 0 Å². The Morgan fingerprint density at radius 2 is 1.84 bits per heavy atom. The molecule has 1 saturated heterocycles. The molecule has 1 heterocycles. The number of nitrogens with one attached hydrogen (secondary N) is 1. The van der Waals surface area contributed by atoms with Crippen molar-refractivity contribution in [2.75, 3.05) is 13.1 Å². The lowest BCUT2D eigenvalue weighted by atomic mass is 9.71. The number of halogens is 2. The second-order valence-electron chi connectivity index (χ2n) is 5.20. The van der Waals surface area contributed by atoms with Crippen molar-refractivity contribution in [3.63, 3.8) is 0 Å². The van der Waals surface area contributed by atoms with Gasteiger partial charge in [-0.15, -0.1) is 0 Å². The lowest BCUT2D eigenvalue weighted by Crippen LogP contribution is -2.58. The van der Waals surface area contributed by atoms with Crippen molar-refractivity contribution in [1.29, 1.82) is 0 Å². The van der Waals surface area contributed by atoms with Crippen LogP contribution in [0, 0.1) is 5.82 Å². The molecule has 3 rings (SSSR count). The van der Waals surface area contributed by atoms with Crippen LogP contribution in [0.25, 0.3) is 0 Å². The van der Waals surface area contributed by atoms with Gasteiger partial charge in [0.1, 0.15) is 5.82 Å². The summed E-state index contributed by atoms with van der Waals surface area (Å²) in [7, 11) is 0. The third-order valence-corrected chi connectivity index (χ3v) is 4.35. The van der Waals surface area contributed by atoms with Crippen molar-refractivity contribution in [2.45, 2.75) is 11.8 Å². The van der Waals surface area contributed by atoms with E-state index in [-0.39, 0.29) is 11.2 Å². The lowest BCUT2D eigenvalue weighted by molar-refractivity contribution is 0.274. The first kappa shape index (κ1) is 12.8. The standard InChI is InChI=1S/C16H15BrFN/c17-14-6-4-12(5-7-14)9-16(10-19-11-16)13-2-1-3-15(18)8-13/h1-8,19H,9-11H2. The minimum Gasteiger partial charge on any atom is -0.315 e. The SMILES string of the molecule is Fc1cccc(C2(Cc3ccc(Br)cc3)CNC2)c1. The predicted molar refractivity (Wildman–Crippen MR) is 78.8 cm³/mol. The van der Waals surface area contributed by atoms with Crippen LogP contribution >= 0.6 is 15.9 Å². The summed E-state index contributed by atoms with van der Waals surface area (Å²) in [6, 6.07) is 15.4. The Bertz CT molecular complexity index is 576. The van der Waals surface area contributed by atoms with Crippen LogP contribution in [-0.4, -0.2) is 13.1 Å². The lowest BCUT2D eigenvalue weighted by Gasteiger charge is -2.43. The second-order valence-corrected chi connectivity index (χ2v) is 6.11. The summed E-state index contributed by atoms with van der Waals surface area (Å²) in [6.45, 7) is 1.82. The average molecular weight is 320 g/mol. The van der Waals surface area contributed by atoms with Crippen molar-refractivity contribution in [3.05, 3.63) is 69.9 Å². The number of hydrogen-bond acceptors (Lipinski definition) is 1.